The fraction of sp³-hybridized carbons (Fsp3) is 0.769. The minimum atomic E-state index is -0.842. The number of hydrogen-bond donors (Lipinski definition) is 0. The maximum Gasteiger partial charge on any atom is 0.508 e. The van der Waals surface area contributed by atoms with E-state index in [1.165, 1.54) is 13.8 Å². The third-order valence-electron chi connectivity index (χ3n) is 2.52. The van der Waals surface area contributed by atoms with E-state index in [-0.39, 0.29) is 19.3 Å². The maximum atomic E-state index is 11.3. The second kappa shape index (κ2) is 7.82. The predicted octanol–water partition coefficient (Wildman–Crippen LogP) is 0.810. The molecule has 0 N–H and O–H groups in total. The maximum absolute atomic E-state index is 11.3. The van der Waals surface area contributed by atoms with Gasteiger partial charge in [0.2, 0.25) is 0 Å². The molecule has 0 aromatic heterocycles. The summed E-state index contributed by atoms with van der Waals surface area (Å²) in [6.07, 6.45) is -3.40. The van der Waals surface area contributed by atoms with Gasteiger partial charge >= 0.3 is 18.1 Å². The van der Waals surface area contributed by atoms with Crippen LogP contribution in [0.3, 0.4) is 0 Å². The molecule has 0 aliphatic carbocycles. The van der Waals surface area contributed by atoms with Gasteiger partial charge in [0.1, 0.15) is 12.7 Å². The van der Waals surface area contributed by atoms with Gasteiger partial charge in [0.25, 0.3) is 0 Å². The molecule has 0 spiro atoms. The fourth-order valence-corrected chi connectivity index (χ4v) is 1.82. The molecular weight excluding hydrogens is 284 g/mol. The quantitative estimate of drug-likeness (QED) is 0.543. The summed E-state index contributed by atoms with van der Waals surface area (Å²) in [6, 6.07) is 0. The van der Waals surface area contributed by atoms with Crippen molar-refractivity contribution in [2.24, 2.45) is 0 Å². The van der Waals surface area contributed by atoms with Crippen molar-refractivity contribution in [3.8, 4) is 0 Å². The average molecular weight is 304 g/mol. The molecule has 1 rings (SSSR count). The minimum Gasteiger partial charge on any atom is -0.456 e. The Balaban J connectivity index is 2.56. The summed E-state index contributed by atoms with van der Waals surface area (Å²) in [5.41, 5.74) is 0. The summed E-state index contributed by atoms with van der Waals surface area (Å²) in [6.45, 7) is 5.74. The second-order valence-corrected chi connectivity index (χ2v) is 4.82. The van der Waals surface area contributed by atoms with E-state index >= 15 is 0 Å². The largest absolute Gasteiger partial charge is 0.508 e. The SMILES string of the molecule is CC(=O)OC1COC(COC(=O)OC(C)C)C1OC(C)=O. The highest BCUT2D eigenvalue weighted by Gasteiger charge is 2.42. The molecule has 0 amide bonds. The fourth-order valence-electron chi connectivity index (χ4n) is 1.82. The van der Waals surface area contributed by atoms with Gasteiger partial charge < -0.3 is 23.7 Å². The molecule has 1 aliphatic rings. The lowest BCUT2D eigenvalue weighted by molar-refractivity contribution is -0.163. The Morgan fingerprint density at radius 2 is 1.76 bits per heavy atom. The topological polar surface area (TPSA) is 97.4 Å². The molecule has 0 radical (unpaired) electrons. The molecule has 3 unspecified atom stereocenters. The lowest BCUT2D eigenvalue weighted by Crippen LogP contribution is -2.39. The van der Waals surface area contributed by atoms with Crippen molar-refractivity contribution in [3.05, 3.63) is 0 Å². The van der Waals surface area contributed by atoms with Gasteiger partial charge in [-0.25, -0.2) is 4.79 Å². The van der Waals surface area contributed by atoms with E-state index in [0.29, 0.717) is 0 Å². The molecule has 1 aliphatic heterocycles. The number of hydrogen-bond acceptors (Lipinski definition) is 8. The van der Waals surface area contributed by atoms with E-state index in [1.54, 1.807) is 13.8 Å². The zero-order valence-electron chi connectivity index (χ0n) is 12.5. The van der Waals surface area contributed by atoms with Crippen LogP contribution in [0, 0.1) is 0 Å². The zero-order chi connectivity index (χ0) is 16.0. The van der Waals surface area contributed by atoms with Crippen LogP contribution in [0.25, 0.3) is 0 Å². The van der Waals surface area contributed by atoms with Crippen molar-refractivity contribution in [2.75, 3.05) is 13.2 Å². The van der Waals surface area contributed by atoms with Gasteiger partial charge in [-0.15, -0.1) is 0 Å². The Morgan fingerprint density at radius 1 is 1.14 bits per heavy atom. The van der Waals surface area contributed by atoms with E-state index in [4.69, 9.17) is 23.7 Å². The van der Waals surface area contributed by atoms with Gasteiger partial charge in [0, 0.05) is 13.8 Å². The molecule has 21 heavy (non-hydrogen) atoms. The molecule has 0 aromatic carbocycles. The van der Waals surface area contributed by atoms with Gasteiger partial charge in [0.15, 0.2) is 12.2 Å². The van der Waals surface area contributed by atoms with Crippen molar-refractivity contribution in [2.45, 2.75) is 52.1 Å². The van der Waals surface area contributed by atoms with Gasteiger partial charge in [-0.2, -0.15) is 0 Å². The van der Waals surface area contributed by atoms with E-state index in [9.17, 15) is 14.4 Å². The van der Waals surface area contributed by atoms with Gasteiger partial charge in [-0.1, -0.05) is 0 Å². The molecule has 3 atom stereocenters. The number of esters is 2. The van der Waals surface area contributed by atoms with Gasteiger partial charge in [-0.3, -0.25) is 9.59 Å². The van der Waals surface area contributed by atoms with Gasteiger partial charge in [0.05, 0.1) is 12.7 Å². The molecule has 0 bridgehead atoms. The normalized spacial score (nSPS) is 24.5. The summed E-state index contributed by atoms with van der Waals surface area (Å²) in [5.74, 6) is -1.06. The second-order valence-electron chi connectivity index (χ2n) is 4.82. The Morgan fingerprint density at radius 3 is 2.29 bits per heavy atom. The van der Waals surface area contributed by atoms with Crippen LogP contribution in [0.15, 0.2) is 0 Å². The molecular formula is C13H20O8. The summed E-state index contributed by atoms with van der Waals surface area (Å²) in [5, 5.41) is 0. The molecule has 0 saturated carbocycles. The summed E-state index contributed by atoms with van der Waals surface area (Å²) >= 11 is 0. The minimum absolute atomic E-state index is 0.0603. The molecule has 120 valence electrons. The number of carbonyl (C=O) groups is 3. The first kappa shape index (κ1) is 17.2. The zero-order valence-corrected chi connectivity index (χ0v) is 12.5. The van der Waals surface area contributed by atoms with E-state index in [0.717, 1.165) is 0 Å². The van der Waals surface area contributed by atoms with Crippen LogP contribution >= 0.6 is 0 Å². The predicted molar refractivity (Wildman–Crippen MR) is 68.4 cm³/mol. The van der Waals surface area contributed by atoms with E-state index in [1.807, 2.05) is 0 Å². The average Bonchev–Trinajstić information content (AvgIpc) is 2.67. The first-order chi connectivity index (χ1) is 9.79. The van der Waals surface area contributed by atoms with Crippen molar-refractivity contribution in [1.29, 1.82) is 0 Å². The van der Waals surface area contributed by atoms with Crippen molar-refractivity contribution < 1.29 is 38.1 Å². The van der Waals surface area contributed by atoms with Crippen LogP contribution in [0.4, 0.5) is 4.79 Å². The Bertz CT molecular complexity index is 392. The van der Waals surface area contributed by atoms with E-state index < -0.39 is 36.4 Å². The summed E-state index contributed by atoms with van der Waals surface area (Å²) in [7, 11) is 0. The molecule has 1 fully saturated rings. The van der Waals surface area contributed by atoms with E-state index in [2.05, 4.69) is 0 Å². The van der Waals surface area contributed by atoms with Crippen LogP contribution in [-0.2, 0) is 33.3 Å². The standard InChI is InChI=1S/C13H20O8/c1-7(2)19-13(16)18-5-10-12(21-9(4)15)11(6-17-10)20-8(3)14/h7,10-12H,5-6H2,1-4H3. The molecule has 1 saturated heterocycles. The Hall–Kier alpha value is -1.83. The van der Waals surface area contributed by atoms with Crippen LogP contribution in [0.2, 0.25) is 0 Å². The number of ether oxygens (including phenoxy) is 5. The molecule has 8 nitrogen and oxygen atoms in total. The Kier molecular flexibility index (Phi) is 6.41. The highest BCUT2D eigenvalue weighted by molar-refractivity contribution is 5.67. The highest BCUT2D eigenvalue weighted by atomic mass is 16.7. The van der Waals surface area contributed by atoms with Crippen LogP contribution in [0.1, 0.15) is 27.7 Å². The lowest BCUT2D eigenvalue weighted by atomic mass is 10.1. The third kappa shape index (κ3) is 5.99. The third-order valence-corrected chi connectivity index (χ3v) is 2.52. The highest BCUT2D eigenvalue weighted by Crippen LogP contribution is 2.21. The van der Waals surface area contributed by atoms with Crippen molar-refractivity contribution in [1.82, 2.24) is 0 Å². The number of carbonyl (C=O) groups excluding carboxylic acids is 3. The molecule has 1 heterocycles. The molecule has 0 aromatic rings. The smallest absolute Gasteiger partial charge is 0.456 e. The van der Waals surface area contributed by atoms with Crippen molar-refractivity contribution in [3.63, 3.8) is 0 Å². The van der Waals surface area contributed by atoms with Crippen molar-refractivity contribution >= 4 is 18.1 Å². The van der Waals surface area contributed by atoms with Crippen LogP contribution in [0.5, 0.6) is 0 Å². The Labute approximate surface area is 122 Å². The monoisotopic (exact) mass is 304 g/mol. The summed E-state index contributed by atoms with van der Waals surface area (Å²) in [4.78, 5) is 33.4. The van der Waals surface area contributed by atoms with Crippen LogP contribution in [-0.4, -0.2) is 55.7 Å². The molecule has 8 heteroatoms. The first-order valence-electron chi connectivity index (χ1n) is 6.59. The van der Waals surface area contributed by atoms with Crippen LogP contribution < -0.4 is 0 Å². The van der Waals surface area contributed by atoms with Gasteiger partial charge in [-0.05, 0) is 13.8 Å². The number of rotatable bonds is 5. The first-order valence-corrected chi connectivity index (χ1v) is 6.59. The lowest BCUT2D eigenvalue weighted by Gasteiger charge is -2.22. The summed E-state index contributed by atoms with van der Waals surface area (Å²) < 4.78 is 25.1.